The van der Waals surface area contributed by atoms with Gasteiger partial charge in [-0.05, 0) is 54.2 Å². The van der Waals surface area contributed by atoms with Gasteiger partial charge in [0.25, 0.3) is 11.7 Å². The van der Waals surface area contributed by atoms with Crippen LogP contribution in [0.3, 0.4) is 0 Å². The van der Waals surface area contributed by atoms with Gasteiger partial charge in [-0.1, -0.05) is 45.0 Å². The molecule has 0 aromatic heterocycles. The Bertz CT molecular complexity index is 1150. The van der Waals surface area contributed by atoms with Crippen LogP contribution in [0.2, 0.25) is 0 Å². The van der Waals surface area contributed by atoms with E-state index in [-0.39, 0.29) is 11.3 Å². The average molecular weight is 507 g/mol. The van der Waals surface area contributed by atoms with E-state index < -0.39 is 17.7 Å². The zero-order valence-corrected chi connectivity index (χ0v) is 22.3. The largest absolute Gasteiger partial charge is 0.507 e. The predicted octanol–water partition coefficient (Wildman–Crippen LogP) is 4.66. The number of carbonyl (C=O) groups is 2. The van der Waals surface area contributed by atoms with Crippen molar-refractivity contribution in [2.45, 2.75) is 46.1 Å². The van der Waals surface area contributed by atoms with Gasteiger partial charge in [-0.15, -0.1) is 0 Å². The number of hydrogen-bond donors (Lipinski definition) is 1. The van der Waals surface area contributed by atoms with Gasteiger partial charge in [0.15, 0.2) is 0 Å². The Morgan fingerprint density at radius 3 is 2.41 bits per heavy atom. The number of amides is 1. The molecule has 1 unspecified atom stereocenters. The highest BCUT2D eigenvalue weighted by Crippen LogP contribution is 2.40. The van der Waals surface area contributed by atoms with E-state index in [1.165, 1.54) is 5.56 Å². The van der Waals surface area contributed by atoms with E-state index in [4.69, 9.17) is 9.47 Å². The summed E-state index contributed by atoms with van der Waals surface area (Å²) in [5.74, 6) is -0.304. The lowest BCUT2D eigenvalue weighted by Crippen LogP contribution is -2.42. The van der Waals surface area contributed by atoms with Crippen LogP contribution in [0, 0.1) is 6.92 Å². The predicted molar refractivity (Wildman–Crippen MR) is 144 cm³/mol. The molecule has 2 aliphatic rings. The quantitative estimate of drug-likeness (QED) is 0.303. The minimum Gasteiger partial charge on any atom is -0.507 e. The van der Waals surface area contributed by atoms with Crippen LogP contribution in [0.25, 0.3) is 5.76 Å². The van der Waals surface area contributed by atoms with Crippen molar-refractivity contribution in [2.24, 2.45) is 0 Å². The molecule has 0 aliphatic carbocycles. The smallest absolute Gasteiger partial charge is 0.295 e. The molecule has 7 nitrogen and oxygen atoms in total. The van der Waals surface area contributed by atoms with E-state index in [9.17, 15) is 14.7 Å². The molecule has 2 aliphatic heterocycles. The molecule has 198 valence electrons. The SMILES string of the molecule is CCCOc1ccc(/C(O)=C2\C(=O)C(=O)N(CCN3CCOCC3)C2c2ccc(C(C)C)cc2)c(C)c1. The first-order valence-electron chi connectivity index (χ1n) is 13.2. The maximum Gasteiger partial charge on any atom is 0.295 e. The van der Waals surface area contributed by atoms with E-state index in [0.29, 0.717) is 50.1 Å². The number of aliphatic hydroxyl groups excluding tert-OH is 1. The second-order valence-electron chi connectivity index (χ2n) is 10.1. The van der Waals surface area contributed by atoms with Gasteiger partial charge >= 0.3 is 0 Å². The minimum absolute atomic E-state index is 0.134. The van der Waals surface area contributed by atoms with Crippen LogP contribution in [0.4, 0.5) is 0 Å². The maximum absolute atomic E-state index is 13.4. The van der Waals surface area contributed by atoms with E-state index in [2.05, 4.69) is 18.7 Å². The monoisotopic (exact) mass is 506 g/mol. The molecule has 2 aromatic carbocycles. The second kappa shape index (κ2) is 11.9. The number of morpholine rings is 1. The van der Waals surface area contributed by atoms with Crippen molar-refractivity contribution < 1.29 is 24.2 Å². The molecule has 0 bridgehead atoms. The Labute approximate surface area is 219 Å². The Hall–Kier alpha value is -3.16. The molecule has 7 heteroatoms. The van der Waals surface area contributed by atoms with E-state index in [1.807, 2.05) is 44.2 Å². The fourth-order valence-electron chi connectivity index (χ4n) is 4.95. The lowest BCUT2D eigenvalue weighted by Gasteiger charge is -2.31. The third-order valence-corrected chi connectivity index (χ3v) is 7.15. The molecule has 1 atom stereocenters. The third-order valence-electron chi connectivity index (χ3n) is 7.15. The van der Waals surface area contributed by atoms with Crippen molar-refractivity contribution in [1.29, 1.82) is 0 Å². The van der Waals surface area contributed by atoms with Crippen LogP contribution in [0.15, 0.2) is 48.0 Å². The first kappa shape index (κ1) is 26.9. The number of ether oxygens (including phenoxy) is 2. The molecular weight excluding hydrogens is 468 g/mol. The standard InChI is InChI=1S/C30H38N2O5/c1-5-16-37-24-10-11-25(21(4)19-24)28(33)26-27(23-8-6-22(7-9-23)20(2)3)32(30(35)29(26)34)13-12-31-14-17-36-18-15-31/h6-11,19-20,27,33H,5,12-18H2,1-4H3/b28-26+. The van der Waals surface area contributed by atoms with E-state index >= 15 is 0 Å². The summed E-state index contributed by atoms with van der Waals surface area (Å²) in [5, 5.41) is 11.5. The number of Topliss-reactive ketones (excluding diaryl/α,β-unsaturated/α-hetero) is 1. The summed E-state index contributed by atoms with van der Waals surface area (Å²) in [6, 6.07) is 12.8. The molecule has 0 spiro atoms. The number of rotatable bonds is 9. The van der Waals surface area contributed by atoms with Crippen LogP contribution in [0.5, 0.6) is 5.75 Å². The maximum atomic E-state index is 13.4. The van der Waals surface area contributed by atoms with Crippen molar-refractivity contribution in [1.82, 2.24) is 9.80 Å². The number of aliphatic hydroxyl groups is 1. The number of nitrogens with zero attached hydrogens (tertiary/aromatic N) is 2. The van der Waals surface area contributed by atoms with Crippen molar-refractivity contribution in [3.05, 3.63) is 70.3 Å². The van der Waals surface area contributed by atoms with Gasteiger partial charge in [-0.2, -0.15) is 0 Å². The fraction of sp³-hybridized carbons (Fsp3) is 0.467. The summed E-state index contributed by atoms with van der Waals surface area (Å²) >= 11 is 0. The fourth-order valence-corrected chi connectivity index (χ4v) is 4.95. The van der Waals surface area contributed by atoms with Crippen LogP contribution in [-0.2, 0) is 14.3 Å². The molecule has 2 heterocycles. The lowest BCUT2D eigenvalue weighted by atomic mass is 9.92. The van der Waals surface area contributed by atoms with E-state index in [0.717, 1.165) is 30.6 Å². The van der Waals surface area contributed by atoms with Crippen molar-refractivity contribution in [3.63, 3.8) is 0 Å². The van der Waals surface area contributed by atoms with Crippen LogP contribution >= 0.6 is 0 Å². The van der Waals surface area contributed by atoms with Crippen LogP contribution < -0.4 is 4.74 Å². The van der Waals surface area contributed by atoms with Gasteiger partial charge in [0, 0.05) is 31.7 Å². The summed E-state index contributed by atoms with van der Waals surface area (Å²) in [6.45, 7) is 12.7. The summed E-state index contributed by atoms with van der Waals surface area (Å²) in [5.41, 5.74) is 3.42. The first-order valence-corrected chi connectivity index (χ1v) is 13.2. The third kappa shape index (κ3) is 5.89. The Morgan fingerprint density at radius 1 is 1.08 bits per heavy atom. The number of benzene rings is 2. The number of hydrogen-bond acceptors (Lipinski definition) is 6. The highest BCUT2D eigenvalue weighted by atomic mass is 16.5. The number of ketones is 1. The van der Waals surface area contributed by atoms with Gasteiger partial charge in [0.1, 0.15) is 11.5 Å². The Kier molecular flexibility index (Phi) is 8.67. The highest BCUT2D eigenvalue weighted by molar-refractivity contribution is 6.46. The van der Waals surface area contributed by atoms with Gasteiger partial charge < -0.3 is 19.5 Å². The molecule has 2 saturated heterocycles. The molecule has 0 radical (unpaired) electrons. The molecule has 2 fully saturated rings. The number of carbonyl (C=O) groups excluding carboxylic acids is 2. The van der Waals surface area contributed by atoms with E-state index in [1.54, 1.807) is 17.0 Å². The summed E-state index contributed by atoms with van der Waals surface area (Å²) in [6.07, 6.45) is 0.893. The minimum atomic E-state index is -0.655. The molecule has 1 N–H and O–H groups in total. The van der Waals surface area contributed by atoms with Gasteiger partial charge in [0.2, 0.25) is 0 Å². The van der Waals surface area contributed by atoms with Gasteiger partial charge in [0.05, 0.1) is 31.4 Å². The lowest BCUT2D eigenvalue weighted by molar-refractivity contribution is -0.140. The molecule has 4 rings (SSSR count). The summed E-state index contributed by atoms with van der Waals surface area (Å²) < 4.78 is 11.2. The molecule has 2 aromatic rings. The highest BCUT2D eigenvalue weighted by Gasteiger charge is 2.46. The van der Waals surface area contributed by atoms with Gasteiger partial charge in [-0.3, -0.25) is 14.5 Å². The topological polar surface area (TPSA) is 79.3 Å². The molecular formula is C30H38N2O5. The number of aryl methyl sites for hydroxylation is 1. The zero-order chi connectivity index (χ0) is 26.5. The van der Waals surface area contributed by atoms with Gasteiger partial charge in [-0.25, -0.2) is 0 Å². The summed E-state index contributed by atoms with van der Waals surface area (Å²) in [7, 11) is 0. The normalized spacial score (nSPS) is 20.1. The van der Waals surface area contributed by atoms with Crippen molar-refractivity contribution in [2.75, 3.05) is 46.0 Å². The first-order chi connectivity index (χ1) is 17.8. The van der Waals surface area contributed by atoms with Crippen LogP contribution in [0.1, 0.15) is 61.4 Å². The van der Waals surface area contributed by atoms with Crippen molar-refractivity contribution >= 4 is 17.4 Å². The summed E-state index contributed by atoms with van der Waals surface area (Å²) in [4.78, 5) is 30.6. The van der Waals surface area contributed by atoms with Crippen molar-refractivity contribution in [3.8, 4) is 5.75 Å². The van der Waals surface area contributed by atoms with Crippen LogP contribution in [-0.4, -0.2) is 72.6 Å². The molecule has 37 heavy (non-hydrogen) atoms. The Balaban J connectivity index is 1.73. The second-order valence-corrected chi connectivity index (χ2v) is 10.1. The molecule has 0 saturated carbocycles. The Morgan fingerprint density at radius 2 is 1.78 bits per heavy atom. The zero-order valence-electron chi connectivity index (χ0n) is 22.3. The molecule has 1 amide bonds. The average Bonchev–Trinajstić information content (AvgIpc) is 3.16. The number of likely N-dealkylation sites (tertiary alicyclic amines) is 1.